The van der Waals surface area contributed by atoms with Crippen molar-refractivity contribution in [3.63, 3.8) is 0 Å². The maximum Gasteiger partial charge on any atom is 0.353 e. The smallest absolute Gasteiger partial charge is 0.353 e. The molecule has 1 aromatic carbocycles. The summed E-state index contributed by atoms with van der Waals surface area (Å²) in [7, 11) is 0. The van der Waals surface area contributed by atoms with Gasteiger partial charge in [0, 0.05) is 24.7 Å². The molecule has 1 fully saturated rings. The molecular weight excluding hydrogens is 370 g/mol. The van der Waals surface area contributed by atoms with Gasteiger partial charge in [0.25, 0.3) is 0 Å². The van der Waals surface area contributed by atoms with E-state index in [0.717, 1.165) is 11.1 Å². The zero-order chi connectivity index (χ0) is 19.6. The molecule has 9 heteroatoms. The summed E-state index contributed by atoms with van der Waals surface area (Å²) in [4.78, 5) is 21.5. The van der Waals surface area contributed by atoms with Crippen molar-refractivity contribution in [2.24, 2.45) is 0 Å². The minimum absolute atomic E-state index is 0.0366. The van der Waals surface area contributed by atoms with Crippen molar-refractivity contribution in [2.75, 3.05) is 23.3 Å². The van der Waals surface area contributed by atoms with Crippen LogP contribution in [0.1, 0.15) is 25.0 Å². The van der Waals surface area contributed by atoms with Crippen LogP contribution in [0.15, 0.2) is 24.5 Å². The van der Waals surface area contributed by atoms with Gasteiger partial charge in [-0.2, -0.15) is 0 Å². The second-order valence-electron chi connectivity index (χ2n) is 6.70. The van der Waals surface area contributed by atoms with Crippen LogP contribution in [-0.2, 0) is 11.3 Å². The number of aromatic nitrogens is 2. The average Bonchev–Trinajstić information content (AvgIpc) is 2.60. The Balaban J connectivity index is 1.91. The third kappa shape index (κ3) is 4.28. The fourth-order valence-electron chi connectivity index (χ4n) is 3.31. The number of morpholine rings is 1. The SMILES string of the molecule is Cc1cccc(Cl)c1CNc1ncnc(N2CC(C)OC(C)C2)c1[N+](=O)[O-]. The van der Waals surface area contributed by atoms with Crippen molar-refractivity contribution >= 4 is 28.9 Å². The van der Waals surface area contributed by atoms with E-state index >= 15 is 0 Å². The third-order valence-electron chi connectivity index (χ3n) is 4.49. The van der Waals surface area contributed by atoms with Crippen molar-refractivity contribution in [2.45, 2.75) is 39.5 Å². The number of benzene rings is 1. The summed E-state index contributed by atoms with van der Waals surface area (Å²) in [5, 5.41) is 15.5. The van der Waals surface area contributed by atoms with Crippen LogP contribution in [-0.4, -0.2) is 40.2 Å². The van der Waals surface area contributed by atoms with Crippen LogP contribution in [0.25, 0.3) is 0 Å². The third-order valence-corrected chi connectivity index (χ3v) is 4.84. The molecule has 3 rings (SSSR count). The van der Waals surface area contributed by atoms with Crippen LogP contribution in [0, 0.1) is 17.0 Å². The molecule has 1 aliphatic heterocycles. The van der Waals surface area contributed by atoms with Crippen LogP contribution < -0.4 is 10.2 Å². The molecule has 2 atom stereocenters. The standard InChI is InChI=1S/C18H22ClN5O3/c1-11-5-4-6-15(19)14(11)7-20-17-16(24(25)26)18(22-10-21-17)23-8-12(2)27-13(3)9-23/h4-6,10,12-13H,7-9H2,1-3H3,(H,20,21,22). The first-order valence-electron chi connectivity index (χ1n) is 8.74. The molecule has 27 heavy (non-hydrogen) atoms. The Morgan fingerprint density at radius 1 is 1.33 bits per heavy atom. The predicted octanol–water partition coefficient (Wildman–Crippen LogP) is 3.57. The normalized spacial score (nSPS) is 19.8. The molecule has 0 amide bonds. The van der Waals surface area contributed by atoms with Gasteiger partial charge in [-0.1, -0.05) is 23.7 Å². The van der Waals surface area contributed by atoms with Crippen molar-refractivity contribution in [3.05, 3.63) is 50.8 Å². The van der Waals surface area contributed by atoms with E-state index in [0.29, 0.717) is 30.5 Å². The zero-order valence-corrected chi connectivity index (χ0v) is 16.2. The first kappa shape index (κ1) is 19.3. The van der Waals surface area contributed by atoms with Gasteiger partial charge in [-0.25, -0.2) is 9.97 Å². The van der Waals surface area contributed by atoms with Crippen LogP contribution in [0.3, 0.4) is 0 Å². The number of hydrogen-bond donors (Lipinski definition) is 1. The first-order chi connectivity index (χ1) is 12.9. The van der Waals surface area contributed by atoms with Gasteiger partial charge in [-0.15, -0.1) is 0 Å². The van der Waals surface area contributed by atoms with E-state index in [4.69, 9.17) is 16.3 Å². The van der Waals surface area contributed by atoms with Crippen LogP contribution >= 0.6 is 11.6 Å². The number of hydrogen-bond acceptors (Lipinski definition) is 7. The molecule has 144 valence electrons. The summed E-state index contributed by atoms with van der Waals surface area (Å²) in [5.74, 6) is 0.478. The van der Waals surface area contributed by atoms with Gasteiger partial charge in [-0.05, 0) is 38.0 Å². The van der Waals surface area contributed by atoms with E-state index in [1.165, 1.54) is 6.33 Å². The Morgan fingerprint density at radius 3 is 2.67 bits per heavy atom. The Morgan fingerprint density at radius 2 is 2.04 bits per heavy atom. The molecule has 0 bridgehead atoms. The van der Waals surface area contributed by atoms with Gasteiger partial charge < -0.3 is 15.0 Å². The molecule has 1 aliphatic rings. The van der Waals surface area contributed by atoms with Gasteiger partial charge in [-0.3, -0.25) is 10.1 Å². The molecule has 1 aromatic heterocycles. The molecular formula is C18H22ClN5O3. The Kier molecular flexibility index (Phi) is 5.76. The Hall–Kier alpha value is -2.45. The van der Waals surface area contributed by atoms with E-state index in [-0.39, 0.29) is 23.7 Å². The minimum atomic E-state index is -0.443. The Bertz CT molecular complexity index is 817. The van der Waals surface area contributed by atoms with E-state index in [2.05, 4.69) is 15.3 Å². The van der Waals surface area contributed by atoms with Crippen LogP contribution in [0.4, 0.5) is 17.3 Å². The molecule has 0 saturated carbocycles. The molecule has 0 aliphatic carbocycles. The summed E-state index contributed by atoms with van der Waals surface area (Å²) < 4.78 is 5.71. The number of nitro groups is 1. The molecule has 0 spiro atoms. The lowest BCUT2D eigenvalue weighted by Crippen LogP contribution is -2.46. The summed E-state index contributed by atoms with van der Waals surface area (Å²) in [6.45, 7) is 7.22. The lowest BCUT2D eigenvalue weighted by Gasteiger charge is -2.35. The highest BCUT2D eigenvalue weighted by Crippen LogP contribution is 2.34. The lowest BCUT2D eigenvalue weighted by atomic mass is 10.1. The number of anilines is 2. The minimum Gasteiger partial charge on any atom is -0.372 e. The van der Waals surface area contributed by atoms with Crippen molar-refractivity contribution in [1.29, 1.82) is 0 Å². The van der Waals surface area contributed by atoms with Crippen LogP contribution in [0.2, 0.25) is 5.02 Å². The molecule has 2 heterocycles. The average molecular weight is 392 g/mol. The highest BCUT2D eigenvalue weighted by molar-refractivity contribution is 6.31. The van der Waals surface area contributed by atoms with E-state index in [1.807, 2.05) is 37.8 Å². The van der Waals surface area contributed by atoms with Gasteiger partial charge in [0.15, 0.2) is 0 Å². The predicted molar refractivity (Wildman–Crippen MR) is 104 cm³/mol. The largest absolute Gasteiger partial charge is 0.372 e. The highest BCUT2D eigenvalue weighted by atomic mass is 35.5. The van der Waals surface area contributed by atoms with Gasteiger partial charge in [0.2, 0.25) is 11.6 Å². The number of nitrogens with zero attached hydrogens (tertiary/aromatic N) is 4. The second kappa shape index (κ2) is 8.06. The van der Waals surface area contributed by atoms with E-state index in [9.17, 15) is 10.1 Å². The van der Waals surface area contributed by atoms with Gasteiger partial charge in [0.1, 0.15) is 6.33 Å². The number of aryl methyl sites for hydroxylation is 1. The monoisotopic (exact) mass is 391 g/mol. The lowest BCUT2D eigenvalue weighted by molar-refractivity contribution is -0.383. The molecule has 8 nitrogen and oxygen atoms in total. The van der Waals surface area contributed by atoms with Gasteiger partial charge in [0.05, 0.1) is 17.1 Å². The maximum absolute atomic E-state index is 11.8. The number of rotatable bonds is 5. The number of nitrogens with one attached hydrogen (secondary N) is 1. The van der Waals surface area contributed by atoms with Crippen LogP contribution in [0.5, 0.6) is 0 Å². The maximum atomic E-state index is 11.8. The first-order valence-corrected chi connectivity index (χ1v) is 9.12. The van der Waals surface area contributed by atoms with E-state index in [1.54, 1.807) is 6.07 Å². The molecule has 1 saturated heterocycles. The Labute approximate surface area is 162 Å². The fraction of sp³-hybridized carbons (Fsp3) is 0.444. The zero-order valence-electron chi connectivity index (χ0n) is 15.5. The summed E-state index contributed by atoms with van der Waals surface area (Å²) in [6.07, 6.45) is 1.27. The van der Waals surface area contributed by atoms with E-state index < -0.39 is 4.92 Å². The molecule has 2 aromatic rings. The van der Waals surface area contributed by atoms with Crippen molar-refractivity contribution in [3.8, 4) is 0 Å². The fourth-order valence-corrected chi connectivity index (χ4v) is 3.60. The van der Waals surface area contributed by atoms with Crippen molar-refractivity contribution in [1.82, 2.24) is 9.97 Å². The molecule has 1 N–H and O–H groups in total. The molecule has 0 radical (unpaired) electrons. The highest BCUT2D eigenvalue weighted by Gasteiger charge is 2.31. The second-order valence-corrected chi connectivity index (χ2v) is 7.11. The van der Waals surface area contributed by atoms with Gasteiger partial charge >= 0.3 is 5.69 Å². The summed E-state index contributed by atoms with van der Waals surface area (Å²) in [6, 6.07) is 5.61. The number of halogens is 1. The topological polar surface area (TPSA) is 93.4 Å². The summed E-state index contributed by atoms with van der Waals surface area (Å²) >= 11 is 6.25. The summed E-state index contributed by atoms with van der Waals surface area (Å²) in [5.41, 5.74) is 1.74. The quantitative estimate of drug-likeness (QED) is 0.615. The molecule has 2 unspecified atom stereocenters. The number of ether oxygens (including phenoxy) is 1. The van der Waals surface area contributed by atoms with Crippen molar-refractivity contribution < 1.29 is 9.66 Å².